The Hall–Kier alpha value is -0.240. The second-order valence-electron chi connectivity index (χ2n) is 1.75. The Labute approximate surface area is 55.8 Å². The molecule has 2 nitrogen and oxygen atoms in total. The van der Waals surface area contributed by atoms with Crippen molar-refractivity contribution in [2.24, 2.45) is 4.99 Å². The molecule has 0 aliphatic carbocycles. The van der Waals surface area contributed by atoms with Crippen molar-refractivity contribution in [3.8, 4) is 0 Å². The van der Waals surface area contributed by atoms with E-state index < -0.39 is 0 Å². The zero-order chi connectivity index (χ0) is 5.11. The summed E-state index contributed by atoms with van der Waals surface area (Å²) in [6.07, 6.45) is 1.19. The predicted octanol–water partition coefficient (Wildman–Crippen LogP) is 0.820. The van der Waals surface area contributed by atoms with Crippen LogP contribution in [0.3, 0.4) is 0 Å². The third-order valence-electron chi connectivity index (χ3n) is 1.06. The SMILES string of the molecule is CC1=NCCCN1.Cl. The molecule has 0 spiro atoms. The molecule has 0 aromatic heterocycles. The average molecular weight is 135 g/mol. The monoisotopic (exact) mass is 134 g/mol. The molecule has 8 heavy (non-hydrogen) atoms. The smallest absolute Gasteiger partial charge is 0.0931 e. The van der Waals surface area contributed by atoms with Crippen LogP contribution in [0.2, 0.25) is 0 Å². The molecule has 3 heteroatoms. The van der Waals surface area contributed by atoms with Gasteiger partial charge >= 0.3 is 0 Å². The van der Waals surface area contributed by atoms with Crippen molar-refractivity contribution in [1.82, 2.24) is 5.32 Å². The van der Waals surface area contributed by atoms with E-state index in [-0.39, 0.29) is 12.4 Å². The number of aliphatic imine (C=N–C) groups is 1. The third kappa shape index (κ3) is 2.17. The third-order valence-corrected chi connectivity index (χ3v) is 1.06. The number of nitrogens with one attached hydrogen (secondary N) is 1. The standard InChI is InChI=1S/C5H10N2.ClH/c1-5-6-3-2-4-7-5;/h2-4H2,1H3,(H,6,7);1H. The molecule has 0 aromatic rings. The lowest BCUT2D eigenvalue weighted by Crippen LogP contribution is -2.26. The molecule has 0 amide bonds. The fraction of sp³-hybridized carbons (Fsp3) is 0.800. The molecule has 0 radical (unpaired) electrons. The van der Waals surface area contributed by atoms with E-state index in [0.717, 1.165) is 18.9 Å². The highest BCUT2D eigenvalue weighted by atomic mass is 35.5. The van der Waals surface area contributed by atoms with Crippen molar-refractivity contribution >= 4 is 18.2 Å². The first-order chi connectivity index (χ1) is 3.39. The van der Waals surface area contributed by atoms with E-state index in [1.54, 1.807) is 0 Å². The Morgan fingerprint density at radius 3 is 2.62 bits per heavy atom. The fourth-order valence-corrected chi connectivity index (χ4v) is 0.651. The second-order valence-corrected chi connectivity index (χ2v) is 1.75. The van der Waals surface area contributed by atoms with Gasteiger partial charge in [0.15, 0.2) is 0 Å². The van der Waals surface area contributed by atoms with Gasteiger partial charge in [-0.3, -0.25) is 4.99 Å². The van der Waals surface area contributed by atoms with Crippen LogP contribution in [0.5, 0.6) is 0 Å². The minimum Gasteiger partial charge on any atom is -0.374 e. The summed E-state index contributed by atoms with van der Waals surface area (Å²) in [7, 11) is 0. The molecule has 48 valence electrons. The summed E-state index contributed by atoms with van der Waals surface area (Å²) >= 11 is 0. The Bertz CT molecular complexity index is 90.4. The quantitative estimate of drug-likeness (QED) is 0.521. The van der Waals surface area contributed by atoms with E-state index in [4.69, 9.17) is 0 Å². The highest BCUT2D eigenvalue weighted by molar-refractivity contribution is 5.85. The van der Waals surface area contributed by atoms with Gasteiger partial charge in [0.2, 0.25) is 0 Å². The molecule has 1 heterocycles. The Kier molecular flexibility index (Phi) is 3.61. The molecular weight excluding hydrogens is 124 g/mol. The highest BCUT2D eigenvalue weighted by Gasteiger charge is 1.94. The number of halogens is 1. The molecule has 0 bridgehead atoms. The first-order valence-corrected chi connectivity index (χ1v) is 2.64. The Morgan fingerprint density at radius 2 is 2.38 bits per heavy atom. The van der Waals surface area contributed by atoms with Crippen LogP contribution in [0.1, 0.15) is 13.3 Å². The Morgan fingerprint density at radius 1 is 1.62 bits per heavy atom. The zero-order valence-electron chi connectivity index (χ0n) is 4.98. The van der Waals surface area contributed by atoms with Crippen LogP contribution in [-0.2, 0) is 0 Å². The maximum atomic E-state index is 4.14. The van der Waals surface area contributed by atoms with E-state index in [1.165, 1.54) is 6.42 Å². The van der Waals surface area contributed by atoms with Gasteiger partial charge in [-0.05, 0) is 13.3 Å². The molecule has 1 rings (SSSR count). The number of hydrogen-bond acceptors (Lipinski definition) is 2. The molecule has 0 saturated carbocycles. The first kappa shape index (κ1) is 7.76. The number of rotatable bonds is 0. The van der Waals surface area contributed by atoms with Gasteiger partial charge in [0.25, 0.3) is 0 Å². The molecule has 0 aromatic carbocycles. The second kappa shape index (κ2) is 3.72. The maximum Gasteiger partial charge on any atom is 0.0931 e. The molecule has 1 N–H and O–H groups in total. The Balaban J connectivity index is 0.000000490. The van der Waals surface area contributed by atoms with Crippen LogP contribution in [0.4, 0.5) is 0 Å². The molecule has 1 aliphatic heterocycles. The van der Waals surface area contributed by atoms with Gasteiger partial charge in [-0.2, -0.15) is 0 Å². The summed E-state index contributed by atoms with van der Waals surface area (Å²) in [6.45, 7) is 4.12. The summed E-state index contributed by atoms with van der Waals surface area (Å²) in [5.41, 5.74) is 0. The zero-order valence-corrected chi connectivity index (χ0v) is 5.79. The predicted molar refractivity (Wildman–Crippen MR) is 37.8 cm³/mol. The lowest BCUT2D eigenvalue weighted by Gasteiger charge is -2.08. The number of nitrogens with zero attached hydrogens (tertiary/aromatic N) is 1. The normalized spacial score (nSPS) is 17.9. The van der Waals surface area contributed by atoms with E-state index in [9.17, 15) is 0 Å². The van der Waals surface area contributed by atoms with Crippen molar-refractivity contribution in [3.63, 3.8) is 0 Å². The van der Waals surface area contributed by atoms with Gasteiger partial charge in [0.1, 0.15) is 0 Å². The molecule has 1 aliphatic rings. The van der Waals surface area contributed by atoms with Gasteiger partial charge in [-0.15, -0.1) is 12.4 Å². The molecule has 0 fully saturated rings. The van der Waals surface area contributed by atoms with E-state index >= 15 is 0 Å². The average Bonchev–Trinajstić information content (AvgIpc) is 1.69. The van der Waals surface area contributed by atoms with Crippen LogP contribution in [-0.4, -0.2) is 18.9 Å². The summed E-state index contributed by atoms with van der Waals surface area (Å²) < 4.78 is 0. The molecule has 0 unspecified atom stereocenters. The van der Waals surface area contributed by atoms with Gasteiger partial charge in [-0.1, -0.05) is 0 Å². The van der Waals surface area contributed by atoms with E-state index in [0.29, 0.717) is 0 Å². The van der Waals surface area contributed by atoms with Crippen molar-refractivity contribution in [2.45, 2.75) is 13.3 Å². The number of hydrogen-bond donors (Lipinski definition) is 1. The van der Waals surface area contributed by atoms with E-state index in [2.05, 4.69) is 10.3 Å². The minimum absolute atomic E-state index is 0. The van der Waals surface area contributed by atoms with Gasteiger partial charge in [-0.25, -0.2) is 0 Å². The van der Waals surface area contributed by atoms with Crippen LogP contribution in [0, 0.1) is 0 Å². The van der Waals surface area contributed by atoms with Gasteiger partial charge in [0.05, 0.1) is 5.84 Å². The summed E-state index contributed by atoms with van der Waals surface area (Å²) in [5.74, 6) is 1.09. The molecule has 0 saturated heterocycles. The number of amidine groups is 1. The highest BCUT2D eigenvalue weighted by Crippen LogP contribution is 1.86. The van der Waals surface area contributed by atoms with Crippen molar-refractivity contribution in [1.29, 1.82) is 0 Å². The van der Waals surface area contributed by atoms with Gasteiger partial charge in [0, 0.05) is 13.1 Å². The minimum atomic E-state index is 0. The summed E-state index contributed by atoms with van der Waals surface area (Å²) in [4.78, 5) is 4.14. The largest absolute Gasteiger partial charge is 0.374 e. The molecular formula is C5H11ClN2. The van der Waals surface area contributed by atoms with Crippen molar-refractivity contribution in [3.05, 3.63) is 0 Å². The van der Waals surface area contributed by atoms with Crippen LogP contribution in [0.15, 0.2) is 4.99 Å². The van der Waals surface area contributed by atoms with Crippen LogP contribution >= 0.6 is 12.4 Å². The summed E-state index contributed by atoms with van der Waals surface area (Å²) in [5, 5.41) is 3.13. The maximum absolute atomic E-state index is 4.14. The van der Waals surface area contributed by atoms with Crippen LogP contribution < -0.4 is 5.32 Å². The van der Waals surface area contributed by atoms with E-state index in [1.807, 2.05) is 6.92 Å². The van der Waals surface area contributed by atoms with Gasteiger partial charge < -0.3 is 5.32 Å². The van der Waals surface area contributed by atoms with Crippen LogP contribution in [0.25, 0.3) is 0 Å². The van der Waals surface area contributed by atoms with Crippen molar-refractivity contribution in [2.75, 3.05) is 13.1 Å². The lowest BCUT2D eigenvalue weighted by molar-refractivity contribution is 0.739. The van der Waals surface area contributed by atoms with Crippen molar-refractivity contribution < 1.29 is 0 Å². The summed E-state index contributed by atoms with van der Waals surface area (Å²) in [6, 6.07) is 0. The first-order valence-electron chi connectivity index (χ1n) is 2.64. The topological polar surface area (TPSA) is 24.4 Å². The molecule has 0 atom stereocenters. The fourth-order valence-electron chi connectivity index (χ4n) is 0.651. The lowest BCUT2D eigenvalue weighted by atomic mass is 10.4.